The first-order valence-corrected chi connectivity index (χ1v) is 8.79. The second-order valence-electron chi connectivity index (χ2n) is 7.63. The highest BCUT2D eigenvalue weighted by molar-refractivity contribution is 5.49. The summed E-state index contributed by atoms with van der Waals surface area (Å²) in [6.45, 7) is 4.54. The van der Waals surface area contributed by atoms with Gasteiger partial charge in [0.05, 0.1) is 13.7 Å². The number of phenols is 1. The van der Waals surface area contributed by atoms with Crippen molar-refractivity contribution in [3.63, 3.8) is 0 Å². The van der Waals surface area contributed by atoms with Crippen LogP contribution >= 0.6 is 0 Å². The van der Waals surface area contributed by atoms with Gasteiger partial charge in [0, 0.05) is 5.41 Å². The van der Waals surface area contributed by atoms with Gasteiger partial charge in [-0.1, -0.05) is 12.2 Å². The number of aryl methyl sites for hydroxylation is 1. The van der Waals surface area contributed by atoms with Crippen LogP contribution in [0.3, 0.4) is 0 Å². The Labute approximate surface area is 138 Å². The molecule has 0 spiro atoms. The Morgan fingerprint density at radius 2 is 2.09 bits per heavy atom. The molecule has 0 unspecified atom stereocenters. The number of phenolic OH excluding ortho intramolecular Hbond substituents is 1. The molecule has 0 saturated heterocycles. The third kappa shape index (κ3) is 1.99. The van der Waals surface area contributed by atoms with Crippen LogP contribution in [0, 0.1) is 17.3 Å². The van der Waals surface area contributed by atoms with Gasteiger partial charge in [-0.05, 0) is 79.5 Å². The number of hydrogen-bond donors (Lipinski definition) is 2. The van der Waals surface area contributed by atoms with E-state index in [1.807, 2.05) is 6.07 Å². The molecule has 2 N–H and O–H groups in total. The Hall–Kier alpha value is -1.48. The fourth-order valence-electron chi connectivity index (χ4n) is 5.78. The zero-order valence-electron chi connectivity index (χ0n) is 13.8. The predicted molar refractivity (Wildman–Crippen MR) is 89.8 cm³/mol. The van der Waals surface area contributed by atoms with Crippen LogP contribution in [0.15, 0.2) is 24.3 Å². The minimum atomic E-state index is -0.0281. The third-order valence-corrected chi connectivity index (χ3v) is 6.98. The summed E-state index contributed by atoms with van der Waals surface area (Å²) in [6.07, 6.45) is 6.55. The highest BCUT2D eigenvalue weighted by Gasteiger charge is 2.54. The highest BCUT2D eigenvalue weighted by Crippen LogP contribution is 2.62. The van der Waals surface area contributed by atoms with Crippen LogP contribution in [-0.4, -0.2) is 23.9 Å². The molecule has 3 nitrogen and oxygen atoms in total. The zero-order valence-corrected chi connectivity index (χ0v) is 13.8. The van der Waals surface area contributed by atoms with Crippen LogP contribution in [-0.2, 0) is 6.42 Å². The molecule has 0 aliphatic heterocycles. The fourth-order valence-corrected chi connectivity index (χ4v) is 5.78. The Kier molecular flexibility index (Phi) is 3.45. The van der Waals surface area contributed by atoms with Crippen molar-refractivity contribution in [3.05, 3.63) is 35.4 Å². The van der Waals surface area contributed by atoms with E-state index >= 15 is 0 Å². The lowest BCUT2D eigenvalue weighted by Gasteiger charge is -2.50. The van der Waals surface area contributed by atoms with Gasteiger partial charge in [-0.15, -0.1) is 0 Å². The molecular formula is C20H26O3. The minimum absolute atomic E-state index is 0.0281. The second kappa shape index (κ2) is 5.27. The molecule has 0 amide bonds. The molecule has 0 heterocycles. The van der Waals surface area contributed by atoms with Crippen molar-refractivity contribution in [2.75, 3.05) is 13.7 Å². The summed E-state index contributed by atoms with van der Waals surface area (Å²) in [5, 5.41) is 20.2. The third-order valence-electron chi connectivity index (χ3n) is 6.98. The minimum Gasteiger partial charge on any atom is -0.504 e. The van der Waals surface area contributed by atoms with Crippen LogP contribution in [0.1, 0.15) is 49.1 Å². The molecule has 0 aromatic heterocycles. The number of aliphatic hydroxyl groups excluding tert-OH is 1. The van der Waals surface area contributed by atoms with E-state index in [0.29, 0.717) is 23.5 Å². The van der Waals surface area contributed by atoms with E-state index in [1.165, 1.54) is 23.1 Å². The van der Waals surface area contributed by atoms with Gasteiger partial charge in [-0.3, -0.25) is 0 Å². The van der Waals surface area contributed by atoms with Gasteiger partial charge in [-0.2, -0.15) is 0 Å². The molecule has 1 aromatic rings. The van der Waals surface area contributed by atoms with Gasteiger partial charge in [0.15, 0.2) is 11.5 Å². The smallest absolute Gasteiger partial charge is 0.160 e. The summed E-state index contributed by atoms with van der Waals surface area (Å²) in [7, 11) is 1.61. The van der Waals surface area contributed by atoms with E-state index in [1.54, 1.807) is 7.11 Å². The largest absolute Gasteiger partial charge is 0.504 e. The lowest BCUT2D eigenvalue weighted by molar-refractivity contribution is 0.0195. The van der Waals surface area contributed by atoms with Gasteiger partial charge in [0.1, 0.15) is 0 Å². The maximum Gasteiger partial charge on any atom is 0.160 e. The Bertz CT molecular complexity index is 651. The van der Waals surface area contributed by atoms with Gasteiger partial charge in [0.2, 0.25) is 0 Å². The first-order valence-electron chi connectivity index (χ1n) is 8.79. The van der Waals surface area contributed by atoms with E-state index in [0.717, 1.165) is 32.1 Å². The van der Waals surface area contributed by atoms with E-state index in [2.05, 4.69) is 12.6 Å². The van der Waals surface area contributed by atoms with E-state index in [4.69, 9.17) is 4.74 Å². The monoisotopic (exact) mass is 314 g/mol. The summed E-state index contributed by atoms with van der Waals surface area (Å²) in [5.41, 5.74) is 3.88. The summed E-state index contributed by atoms with van der Waals surface area (Å²) in [4.78, 5) is 0. The number of fused-ring (bicyclic) bond motifs is 5. The van der Waals surface area contributed by atoms with E-state index < -0.39 is 0 Å². The maximum atomic E-state index is 10.1. The number of benzene rings is 1. The molecule has 3 aliphatic rings. The molecule has 2 saturated carbocycles. The summed E-state index contributed by atoms with van der Waals surface area (Å²) in [5.74, 6) is 2.55. The fraction of sp³-hybridized carbons (Fsp3) is 0.600. The van der Waals surface area contributed by atoms with Crippen molar-refractivity contribution in [3.8, 4) is 11.5 Å². The van der Waals surface area contributed by atoms with Crippen LogP contribution in [0.2, 0.25) is 0 Å². The number of aliphatic hydroxyl groups is 1. The first kappa shape index (κ1) is 15.1. The van der Waals surface area contributed by atoms with Crippen LogP contribution in [0.5, 0.6) is 11.5 Å². The standard InChI is InChI=1S/C20H26O3/c1-12-3-6-17-15-5-4-13-9-18(22)19(23-2)10-16(13)14(15)7-8-20(12,17)11-21/h9-10,14-15,17,21-22H,1,3-8,11H2,2H3/t14-,15+,17-,20-/m0/s1. The van der Waals surface area contributed by atoms with Crippen LogP contribution < -0.4 is 4.74 Å². The Morgan fingerprint density at radius 3 is 2.83 bits per heavy atom. The van der Waals surface area contributed by atoms with Gasteiger partial charge < -0.3 is 14.9 Å². The Balaban J connectivity index is 1.74. The van der Waals surface area contributed by atoms with Gasteiger partial charge >= 0.3 is 0 Å². The van der Waals surface area contributed by atoms with Gasteiger partial charge in [-0.25, -0.2) is 0 Å². The number of ether oxygens (including phenoxy) is 1. The SMILES string of the molecule is C=C1CC[C@H]2[C@@H]3CCc4cc(O)c(OC)cc4[C@H]3CC[C@]12CO. The quantitative estimate of drug-likeness (QED) is 0.817. The molecular weight excluding hydrogens is 288 g/mol. The molecule has 4 rings (SSSR count). The summed E-state index contributed by atoms with van der Waals surface area (Å²) < 4.78 is 5.33. The van der Waals surface area contributed by atoms with E-state index in [9.17, 15) is 10.2 Å². The predicted octanol–water partition coefficient (Wildman–Crippen LogP) is 3.79. The maximum absolute atomic E-state index is 10.1. The first-order chi connectivity index (χ1) is 11.1. The summed E-state index contributed by atoms with van der Waals surface area (Å²) >= 11 is 0. The molecule has 2 fully saturated rings. The molecule has 0 radical (unpaired) electrons. The number of hydrogen-bond acceptors (Lipinski definition) is 3. The van der Waals surface area contributed by atoms with Crippen LogP contribution in [0.4, 0.5) is 0 Å². The Morgan fingerprint density at radius 1 is 1.26 bits per heavy atom. The highest BCUT2D eigenvalue weighted by atomic mass is 16.5. The van der Waals surface area contributed by atoms with Crippen molar-refractivity contribution in [2.45, 2.75) is 44.4 Å². The average molecular weight is 314 g/mol. The molecule has 4 atom stereocenters. The molecule has 0 bridgehead atoms. The lowest BCUT2D eigenvalue weighted by Crippen LogP contribution is -2.43. The number of methoxy groups -OCH3 is 1. The second-order valence-corrected chi connectivity index (χ2v) is 7.63. The van der Waals surface area contributed by atoms with Crippen molar-refractivity contribution >= 4 is 0 Å². The normalized spacial score (nSPS) is 35.4. The molecule has 3 heteroatoms. The average Bonchev–Trinajstić information content (AvgIpc) is 2.91. The van der Waals surface area contributed by atoms with Crippen molar-refractivity contribution in [1.29, 1.82) is 0 Å². The topological polar surface area (TPSA) is 49.7 Å². The number of aromatic hydroxyl groups is 1. The summed E-state index contributed by atoms with van der Waals surface area (Å²) in [6, 6.07) is 3.95. The van der Waals surface area contributed by atoms with Crippen molar-refractivity contribution in [1.82, 2.24) is 0 Å². The molecule has 3 aliphatic carbocycles. The zero-order chi connectivity index (χ0) is 16.2. The van der Waals surface area contributed by atoms with Crippen LogP contribution in [0.25, 0.3) is 0 Å². The molecule has 1 aromatic carbocycles. The van der Waals surface area contributed by atoms with Crippen molar-refractivity contribution in [2.24, 2.45) is 17.3 Å². The van der Waals surface area contributed by atoms with Crippen molar-refractivity contribution < 1.29 is 14.9 Å². The van der Waals surface area contributed by atoms with E-state index in [-0.39, 0.29) is 17.8 Å². The number of rotatable bonds is 2. The van der Waals surface area contributed by atoms with Gasteiger partial charge in [0.25, 0.3) is 0 Å². The molecule has 23 heavy (non-hydrogen) atoms. The lowest BCUT2D eigenvalue weighted by atomic mass is 9.55. The molecule has 124 valence electrons.